The summed E-state index contributed by atoms with van der Waals surface area (Å²) in [6.45, 7) is 2.08. The summed E-state index contributed by atoms with van der Waals surface area (Å²) in [6.07, 6.45) is 8.08. The number of benzene rings is 1. The van der Waals surface area contributed by atoms with Gasteiger partial charge in [0.05, 0.1) is 24.5 Å². The number of aromatic nitrogens is 3. The zero-order valence-electron chi connectivity index (χ0n) is 18.0. The lowest BCUT2D eigenvalue weighted by molar-refractivity contribution is -0.132. The summed E-state index contributed by atoms with van der Waals surface area (Å²) < 4.78 is 0. The molecular formula is C25H27N5O2. The van der Waals surface area contributed by atoms with Crippen LogP contribution in [-0.4, -0.2) is 56.2 Å². The van der Waals surface area contributed by atoms with Crippen LogP contribution >= 0.6 is 0 Å². The molecule has 0 saturated carbocycles. The van der Waals surface area contributed by atoms with Crippen LogP contribution in [0.4, 0.5) is 0 Å². The summed E-state index contributed by atoms with van der Waals surface area (Å²) in [5.74, 6) is 0.463. The Hall–Kier alpha value is -3.48. The van der Waals surface area contributed by atoms with E-state index in [1.165, 1.54) is 0 Å². The Morgan fingerprint density at radius 2 is 1.84 bits per heavy atom. The molecule has 1 atom stereocenters. The second-order valence-electron chi connectivity index (χ2n) is 8.58. The number of nitrogens with zero attached hydrogens (tertiary/aromatic N) is 4. The van der Waals surface area contributed by atoms with E-state index in [0.717, 1.165) is 36.2 Å². The Balaban J connectivity index is 1.31. The number of amides is 2. The number of carbonyl (C=O) groups excluding carboxylic acids is 2. The fourth-order valence-corrected chi connectivity index (χ4v) is 5.01. The highest BCUT2D eigenvalue weighted by molar-refractivity contribution is 5.94. The smallest absolute Gasteiger partial charge is 0.254 e. The molecule has 0 spiro atoms. The molecule has 1 N–H and O–H groups in total. The molecule has 7 heteroatoms. The summed E-state index contributed by atoms with van der Waals surface area (Å²) in [5.41, 5.74) is 3.76. The zero-order chi connectivity index (χ0) is 21.9. The molecular weight excluding hydrogens is 402 g/mol. The highest BCUT2D eigenvalue weighted by Gasteiger charge is 2.40. The summed E-state index contributed by atoms with van der Waals surface area (Å²) in [4.78, 5) is 42.1. The van der Waals surface area contributed by atoms with Crippen molar-refractivity contribution in [2.24, 2.45) is 5.92 Å². The first-order chi connectivity index (χ1) is 15.7. The maximum absolute atomic E-state index is 13.4. The SMILES string of the molecule is O=C(Cc1cccnc1)N1CCC(C2c3nc[nH]c3CCN2C(=O)c2ccccc2)CC1. The van der Waals surface area contributed by atoms with Crippen LogP contribution in [-0.2, 0) is 17.6 Å². The van der Waals surface area contributed by atoms with E-state index >= 15 is 0 Å². The number of likely N-dealkylation sites (tertiary alicyclic amines) is 1. The number of fused-ring (bicyclic) bond motifs is 1. The van der Waals surface area contributed by atoms with Crippen molar-refractivity contribution in [2.45, 2.75) is 31.7 Å². The van der Waals surface area contributed by atoms with Crippen LogP contribution in [0.1, 0.15) is 46.2 Å². The predicted octanol–water partition coefficient (Wildman–Crippen LogP) is 3.03. The standard InChI is InChI=1S/C25H27N5O2/c31-22(15-18-5-4-11-26-16-18)29-12-8-19(9-13-29)24-23-21(27-17-28-23)10-14-30(24)25(32)20-6-2-1-3-7-20/h1-7,11,16-17,19,24H,8-10,12-15H2,(H,27,28). The van der Waals surface area contributed by atoms with E-state index in [2.05, 4.69) is 15.0 Å². The van der Waals surface area contributed by atoms with Gasteiger partial charge in [-0.1, -0.05) is 24.3 Å². The Labute approximate surface area is 187 Å². The highest BCUT2D eigenvalue weighted by atomic mass is 16.2. The Morgan fingerprint density at radius 1 is 1.03 bits per heavy atom. The molecule has 3 aromatic rings. The van der Waals surface area contributed by atoms with E-state index in [0.29, 0.717) is 31.6 Å². The van der Waals surface area contributed by atoms with Gasteiger partial charge >= 0.3 is 0 Å². The molecule has 0 radical (unpaired) electrons. The van der Waals surface area contributed by atoms with Crippen LogP contribution in [0, 0.1) is 5.92 Å². The van der Waals surface area contributed by atoms with Crippen LogP contribution in [0.25, 0.3) is 0 Å². The quantitative estimate of drug-likeness (QED) is 0.691. The van der Waals surface area contributed by atoms with E-state index in [1.54, 1.807) is 18.7 Å². The van der Waals surface area contributed by atoms with Crippen LogP contribution < -0.4 is 0 Å². The molecule has 7 nitrogen and oxygen atoms in total. The zero-order valence-corrected chi connectivity index (χ0v) is 18.0. The average Bonchev–Trinajstić information content (AvgIpc) is 3.33. The normalized spacial score (nSPS) is 18.9. The van der Waals surface area contributed by atoms with E-state index in [-0.39, 0.29) is 23.8 Å². The fourth-order valence-electron chi connectivity index (χ4n) is 5.01. The summed E-state index contributed by atoms with van der Waals surface area (Å²) >= 11 is 0. The molecule has 2 amide bonds. The van der Waals surface area contributed by atoms with Crippen molar-refractivity contribution >= 4 is 11.8 Å². The molecule has 1 saturated heterocycles. The first kappa shape index (κ1) is 20.4. The van der Waals surface area contributed by atoms with Gasteiger partial charge in [0.2, 0.25) is 5.91 Å². The van der Waals surface area contributed by atoms with Crippen LogP contribution in [0.15, 0.2) is 61.2 Å². The topological polar surface area (TPSA) is 82.2 Å². The largest absolute Gasteiger partial charge is 0.348 e. The molecule has 2 aliphatic heterocycles. The lowest BCUT2D eigenvalue weighted by Gasteiger charge is -2.43. The number of imidazole rings is 1. The van der Waals surface area contributed by atoms with Gasteiger partial charge in [-0.15, -0.1) is 0 Å². The number of hydrogen-bond donors (Lipinski definition) is 1. The number of nitrogens with one attached hydrogen (secondary N) is 1. The summed E-state index contributed by atoms with van der Waals surface area (Å²) in [7, 11) is 0. The van der Waals surface area contributed by atoms with Gasteiger partial charge in [0.15, 0.2) is 0 Å². The van der Waals surface area contributed by atoms with Crippen molar-refractivity contribution in [3.05, 3.63) is 83.7 Å². The number of hydrogen-bond acceptors (Lipinski definition) is 4. The number of carbonyl (C=O) groups is 2. The third-order valence-electron chi connectivity index (χ3n) is 6.67. The van der Waals surface area contributed by atoms with Crippen LogP contribution in [0.5, 0.6) is 0 Å². The number of H-pyrrole nitrogens is 1. The minimum atomic E-state index is -0.0618. The van der Waals surface area contributed by atoms with Crippen LogP contribution in [0.2, 0.25) is 0 Å². The van der Waals surface area contributed by atoms with Gasteiger partial charge in [0.1, 0.15) is 0 Å². The molecule has 32 heavy (non-hydrogen) atoms. The minimum absolute atomic E-state index is 0.0549. The van der Waals surface area contributed by atoms with Crippen LogP contribution in [0.3, 0.4) is 0 Å². The van der Waals surface area contributed by atoms with Crippen molar-refractivity contribution < 1.29 is 9.59 Å². The third kappa shape index (κ3) is 4.02. The molecule has 164 valence electrons. The van der Waals surface area contributed by atoms with E-state index < -0.39 is 0 Å². The second kappa shape index (κ2) is 8.94. The number of aromatic amines is 1. The van der Waals surface area contributed by atoms with Crippen molar-refractivity contribution in [3.63, 3.8) is 0 Å². The maximum atomic E-state index is 13.4. The van der Waals surface area contributed by atoms with Crippen molar-refractivity contribution in [1.29, 1.82) is 0 Å². The molecule has 0 aliphatic carbocycles. The Morgan fingerprint density at radius 3 is 2.59 bits per heavy atom. The van der Waals surface area contributed by atoms with Gasteiger partial charge in [-0.05, 0) is 42.5 Å². The molecule has 5 rings (SSSR count). The first-order valence-electron chi connectivity index (χ1n) is 11.3. The first-order valence-corrected chi connectivity index (χ1v) is 11.3. The molecule has 2 aliphatic rings. The molecule has 1 aromatic carbocycles. The van der Waals surface area contributed by atoms with Gasteiger partial charge < -0.3 is 14.8 Å². The molecule has 0 bridgehead atoms. The lowest BCUT2D eigenvalue weighted by Crippen LogP contribution is -2.47. The van der Waals surface area contributed by atoms with Gasteiger partial charge in [0, 0.05) is 49.7 Å². The summed E-state index contributed by atoms with van der Waals surface area (Å²) in [5, 5.41) is 0. The lowest BCUT2D eigenvalue weighted by atomic mass is 9.83. The van der Waals surface area contributed by atoms with Gasteiger partial charge in [-0.3, -0.25) is 14.6 Å². The highest BCUT2D eigenvalue weighted by Crippen LogP contribution is 2.39. The van der Waals surface area contributed by atoms with E-state index in [1.807, 2.05) is 52.3 Å². The number of rotatable bonds is 4. The number of piperidine rings is 1. The van der Waals surface area contributed by atoms with Gasteiger partial charge in [0.25, 0.3) is 5.91 Å². The van der Waals surface area contributed by atoms with Crippen molar-refractivity contribution in [3.8, 4) is 0 Å². The Bertz CT molecular complexity index is 1070. The fraction of sp³-hybridized carbons (Fsp3) is 0.360. The van der Waals surface area contributed by atoms with E-state index in [4.69, 9.17) is 0 Å². The minimum Gasteiger partial charge on any atom is -0.348 e. The van der Waals surface area contributed by atoms with E-state index in [9.17, 15) is 9.59 Å². The van der Waals surface area contributed by atoms with Crippen molar-refractivity contribution in [2.75, 3.05) is 19.6 Å². The second-order valence-corrected chi connectivity index (χ2v) is 8.58. The Kier molecular flexibility index (Phi) is 5.71. The summed E-state index contributed by atoms with van der Waals surface area (Å²) in [6, 6.07) is 13.2. The molecule has 2 aromatic heterocycles. The number of pyridine rings is 1. The third-order valence-corrected chi connectivity index (χ3v) is 6.67. The molecule has 4 heterocycles. The monoisotopic (exact) mass is 429 g/mol. The average molecular weight is 430 g/mol. The molecule has 1 fully saturated rings. The van der Waals surface area contributed by atoms with Crippen molar-refractivity contribution in [1.82, 2.24) is 24.8 Å². The molecule has 1 unspecified atom stereocenters. The van der Waals surface area contributed by atoms with Gasteiger partial charge in [-0.25, -0.2) is 4.98 Å². The van der Waals surface area contributed by atoms with Gasteiger partial charge in [-0.2, -0.15) is 0 Å². The predicted molar refractivity (Wildman–Crippen MR) is 120 cm³/mol. The maximum Gasteiger partial charge on any atom is 0.254 e.